The molecule has 1 aromatic heterocycles. The summed E-state index contributed by atoms with van der Waals surface area (Å²) in [6, 6.07) is 1.45. The van der Waals surface area contributed by atoms with Gasteiger partial charge >= 0.3 is 0 Å². The van der Waals surface area contributed by atoms with Crippen LogP contribution in [-0.2, 0) is 20.8 Å². The highest BCUT2D eigenvalue weighted by molar-refractivity contribution is 5.79. The van der Waals surface area contributed by atoms with Gasteiger partial charge in [0.25, 0.3) is 5.56 Å². The molecule has 7 heteroatoms. The first-order chi connectivity index (χ1) is 9.08. The summed E-state index contributed by atoms with van der Waals surface area (Å²) in [7, 11) is 4.89. The molecular weight excluding hydrogens is 250 g/mol. The summed E-state index contributed by atoms with van der Waals surface area (Å²) >= 11 is 0. The number of rotatable bonds is 8. The van der Waals surface area contributed by atoms with Crippen LogP contribution in [0.1, 0.15) is 0 Å². The molecule has 0 radical (unpaired) electrons. The average molecular weight is 269 g/mol. The number of methoxy groups -OCH3 is 2. The van der Waals surface area contributed by atoms with Gasteiger partial charge in [0.1, 0.15) is 13.2 Å². The fourth-order valence-electron chi connectivity index (χ4n) is 1.48. The molecular formula is C12H19N3O4. The molecule has 0 spiro atoms. The van der Waals surface area contributed by atoms with Crippen LogP contribution in [0.2, 0.25) is 0 Å². The maximum Gasteiger partial charge on any atom is 0.269 e. The molecule has 0 aliphatic carbocycles. The van der Waals surface area contributed by atoms with Crippen LogP contribution in [0.5, 0.6) is 0 Å². The first kappa shape index (κ1) is 15.3. The Balaban J connectivity index is 2.74. The van der Waals surface area contributed by atoms with Crippen molar-refractivity contribution >= 4 is 11.5 Å². The molecule has 0 bridgehead atoms. The van der Waals surface area contributed by atoms with Crippen LogP contribution in [0.4, 0.5) is 5.69 Å². The third kappa shape index (κ3) is 4.80. The zero-order valence-electron chi connectivity index (χ0n) is 11.5. The number of ketones is 1. The summed E-state index contributed by atoms with van der Waals surface area (Å²) in [6.45, 7) is 1.12. The Morgan fingerprint density at radius 2 is 2.16 bits per heavy atom. The molecule has 0 amide bonds. The Bertz CT molecular complexity index is 472. The zero-order chi connectivity index (χ0) is 14.3. The van der Waals surface area contributed by atoms with Crippen LogP contribution in [0, 0.1) is 0 Å². The van der Waals surface area contributed by atoms with Crippen molar-refractivity contribution in [1.82, 2.24) is 9.78 Å². The second-order valence-corrected chi connectivity index (χ2v) is 4.10. The number of hydrogen-bond donors (Lipinski definition) is 0. The lowest BCUT2D eigenvalue weighted by atomic mass is 10.4. The molecule has 1 heterocycles. The van der Waals surface area contributed by atoms with Crippen LogP contribution in [-0.4, -0.2) is 56.6 Å². The highest BCUT2D eigenvalue weighted by Gasteiger charge is 2.08. The first-order valence-electron chi connectivity index (χ1n) is 5.86. The lowest BCUT2D eigenvalue weighted by Gasteiger charge is -2.18. The predicted molar refractivity (Wildman–Crippen MR) is 70.5 cm³/mol. The van der Waals surface area contributed by atoms with Crippen molar-refractivity contribution < 1.29 is 14.3 Å². The minimum absolute atomic E-state index is 0.0242. The van der Waals surface area contributed by atoms with Crippen molar-refractivity contribution in [2.45, 2.75) is 6.54 Å². The van der Waals surface area contributed by atoms with Crippen molar-refractivity contribution in [3.05, 3.63) is 22.6 Å². The lowest BCUT2D eigenvalue weighted by Crippen LogP contribution is -2.30. The molecule has 1 aromatic rings. The number of nitrogens with zero attached hydrogens (tertiary/aromatic N) is 3. The highest BCUT2D eigenvalue weighted by atomic mass is 16.5. The number of carbonyl (C=O) groups is 1. The quantitative estimate of drug-likeness (QED) is 0.636. The second-order valence-electron chi connectivity index (χ2n) is 4.10. The minimum Gasteiger partial charge on any atom is -0.383 e. The SMILES string of the molecule is COCCN(C)c1cnn(CC(=O)COC)c(=O)c1. The molecule has 0 aliphatic rings. The standard InChI is InChI=1S/C12H19N3O4/c1-14(4-5-18-2)10-6-12(17)15(13-7-10)8-11(16)9-19-3/h6-7H,4-5,8-9H2,1-3H3. The van der Waals surface area contributed by atoms with E-state index in [9.17, 15) is 9.59 Å². The van der Waals surface area contributed by atoms with Gasteiger partial charge in [0, 0.05) is 33.9 Å². The summed E-state index contributed by atoms with van der Waals surface area (Å²) in [5.41, 5.74) is 0.378. The fraction of sp³-hybridized carbons (Fsp3) is 0.583. The molecule has 0 aromatic carbocycles. The van der Waals surface area contributed by atoms with Crippen LogP contribution in [0.25, 0.3) is 0 Å². The number of hydrogen-bond acceptors (Lipinski definition) is 6. The summed E-state index contributed by atoms with van der Waals surface area (Å²) in [5, 5.41) is 3.97. The highest BCUT2D eigenvalue weighted by Crippen LogP contribution is 2.06. The van der Waals surface area contributed by atoms with Crippen LogP contribution in [0.3, 0.4) is 0 Å². The van der Waals surface area contributed by atoms with E-state index in [2.05, 4.69) is 5.10 Å². The van der Waals surface area contributed by atoms with Gasteiger partial charge in [-0.25, -0.2) is 4.68 Å². The predicted octanol–water partition coefficient (Wildman–Crippen LogP) is -0.459. The van der Waals surface area contributed by atoms with Gasteiger partial charge in [0.2, 0.25) is 0 Å². The molecule has 0 N–H and O–H groups in total. The van der Waals surface area contributed by atoms with Crippen LogP contribution in [0.15, 0.2) is 17.1 Å². The third-order valence-electron chi connectivity index (χ3n) is 2.56. The van der Waals surface area contributed by atoms with E-state index in [1.54, 1.807) is 13.3 Å². The molecule has 7 nitrogen and oxygen atoms in total. The van der Waals surface area contributed by atoms with E-state index in [1.165, 1.54) is 13.2 Å². The topological polar surface area (TPSA) is 73.7 Å². The van der Waals surface area contributed by atoms with E-state index in [0.29, 0.717) is 18.8 Å². The van der Waals surface area contributed by atoms with Gasteiger partial charge in [-0.2, -0.15) is 5.10 Å². The Kier molecular flexibility index (Phi) is 6.17. The van der Waals surface area contributed by atoms with Gasteiger partial charge < -0.3 is 14.4 Å². The van der Waals surface area contributed by atoms with Crippen molar-refractivity contribution in [2.75, 3.05) is 45.9 Å². The summed E-state index contributed by atoms with van der Waals surface area (Å²) in [6.07, 6.45) is 1.55. The maximum atomic E-state index is 11.8. The van der Waals surface area contributed by atoms with Gasteiger partial charge in [0.15, 0.2) is 5.78 Å². The lowest BCUT2D eigenvalue weighted by molar-refractivity contribution is -0.123. The van der Waals surface area contributed by atoms with E-state index in [1.807, 2.05) is 11.9 Å². The Morgan fingerprint density at radius 3 is 2.74 bits per heavy atom. The number of anilines is 1. The zero-order valence-corrected chi connectivity index (χ0v) is 11.5. The third-order valence-corrected chi connectivity index (χ3v) is 2.56. The molecule has 0 unspecified atom stereocenters. The van der Waals surface area contributed by atoms with Crippen molar-refractivity contribution in [3.63, 3.8) is 0 Å². The Labute approximate surface area is 111 Å². The summed E-state index contributed by atoms with van der Waals surface area (Å²) in [5.74, 6) is -0.197. The molecule has 0 saturated carbocycles. The molecule has 19 heavy (non-hydrogen) atoms. The number of aromatic nitrogens is 2. The van der Waals surface area contributed by atoms with Gasteiger partial charge in [-0.05, 0) is 0 Å². The van der Waals surface area contributed by atoms with Crippen molar-refractivity contribution in [3.8, 4) is 0 Å². The van der Waals surface area contributed by atoms with E-state index in [4.69, 9.17) is 9.47 Å². The molecule has 1 rings (SSSR count). The monoisotopic (exact) mass is 269 g/mol. The smallest absolute Gasteiger partial charge is 0.269 e. The van der Waals surface area contributed by atoms with E-state index >= 15 is 0 Å². The maximum absolute atomic E-state index is 11.8. The van der Waals surface area contributed by atoms with Gasteiger partial charge in [-0.3, -0.25) is 9.59 Å². The average Bonchev–Trinajstić information content (AvgIpc) is 2.38. The normalized spacial score (nSPS) is 10.5. The molecule has 0 saturated heterocycles. The first-order valence-corrected chi connectivity index (χ1v) is 5.86. The Hall–Kier alpha value is -1.73. The number of Topliss-reactive ketones (excluding diaryl/α,β-unsaturated/α-hetero) is 1. The minimum atomic E-state index is -0.314. The van der Waals surface area contributed by atoms with Crippen LogP contribution < -0.4 is 10.5 Å². The van der Waals surface area contributed by atoms with E-state index < -0.39 is 0 Å². The molecule has 0 atom stereocenters. The number of ether oxygens (including phenoxy) is 2. The van der Waals surface area contributed by atoms with Gasteiger partial charge in [0.05, 0.1) is 18.5 Å². The summed E-state index contributed by atoms with van der Waals surface area (Å²) in [4.78, 5) is 25.0. The molecule has 0 aliphatic heterocycles. The molecule has 106 valence electrons. The molecule has 0 fully saturated rings. The van der Waals surface area contributed by atoms with Crippen molar-refractivity contribution in [2.24, 2.45) is 0 Å². The van der Waals surface area contributed by atoms with Gasteiger partial charge in [-0.15, -0.1) is 0 Å². The fourth-order valence-corrected chi connectivity index (χ4v) is 1.48. The number of carbonyl (C=O) groups excluding carboxylic acids is 1. The largest absolute Gasteiger partial charge is 0.383 e. The van der Waals surface area contributed by atoms with Crippen molar-refractivity contribution in [1.29, 1.82) is 0 Å². The van der Waals surface area contributed by atoms with E-state index in [-0.39, 0.29) is 24.5 Å². The summed E-state index contributed by atoms with van der Waals surface area (Å²) < 4.78 is 10.8. The van der Waals surface area contributed by atoms with Crippen LogP contribution >= 0.6 is 0 Å². The number of likely N-dealkylation sites (N-methyl/N-ethyl adjacent to an activating group) is 1. The van der Waals surface area contributed by atoms with Gasteiger partial charge in [-0.1, -0.05) is 0 Å². The second kappa shape index (κ2) is 7.65. The van der Waals surface area contributed by atoms with E-state index in [0.717, 1.165) is 4.68 Å². The Morgan fingerprint density at radius 1 is 1.42 bits per heavy atom.